The molecule has 1 heterocycles. The SMILES string of the molecule is Cc1cc(N)ccc1OCc1cnc(Cl)cc1Cl. The van der Waals surface area contributed by atoms with E-state index in [0.717, 1.165) is 16.9 Å². The molecule has 0 aliphatic carbocycles. The molecular formula is C13H12Cl2N2O. The lowest BCUT2D eigenvalue weighted by Crippen LogP contribution is -1.99. The average molecular weight is 283 g/mol. The van der Waals surface area contributed by atoms with Crippen molar-refractivity contribution in [3.8, 4) is 5.75 Å². The first-order valence-electron chi connectivity index (χ1n) is 5.35. The molecule has 2 rings (SSSR count). The van der Waals surface area contributed by atoms with E-state index in [-0.39, 0.29) is 0 Å². The van der Waals surface area contributed by atoms with Crippen LogP contribution in [0.3, 0.4) is 0 Å². The number of nitrogens with two attached hydrogens (primary N) is 1. The van der Waals surface area contributed by atoms with Gasteiger partial charge in [-0.05, 0) is 36.8 Å². The van der Waals surface area contributed by atoms with E-state index < -0.39 is 0 Å². The highest BCUT2D eigenvalue weighted by Crippen LogP contribution is 2.24. The Morgan fingerprint density at radius 3 is 2.72 bits per heavy atom. The van der Waals surface area contributed by atoms with Crippen LogP contribution in [-0.4, -0.2) is 4.98 Å². The highest BCUT2D eigenvalue weighted by molar-refractivity contribution is 6.34. The van der Waals surface area contributed by atoms with Crippen molar-refractivity contribution < 1.29 is 4.74 Å². The van der Waals surface area contributed by atoms with Gasteiger partial charge in [-0.1, -0.05) is 23.2 Å². The summed E-state index contributed by atoms with van der Waals surface area (Å²) in [7, 11) is 0. The Labute approximate surface area is 115 Å². The third-order valence-electron chi connectivity index (χ3n) is 2.48. The van der Waals surface area contributed by atoms with Gasteiger partial charge in [0, 0.05) is 17.4 Å². The van der Waals surface area contributed by atoms with E-state index in [9.17, 15) is 0 Å². The number of aryl methyl sites for hydroxylation is 1. The fourth-order valence-corrected chi connectivity index (χ4v) is 1.95. The number of nitrogens with zero attached hydrogens (tertiary/aromatic N) is 1. The Kier molecular flexibility index (Phi) is 3.94. The number of benzene rings is 1. The van der Waals surface area contributed by atoms with Crippen LogP contribution in [0.5, 0.6) is 5.75 Å². The maximum atomic E-state index is 6.04. The van der Waals surface area contributed by atoms with Crippen molar-refractivity contribution in [2.75, 3.05) is 5.73 Å². The molecule has 0 spiro atoms. The minimum Gasteiger partial charge on any atom is -0.489 e. The van der Waals surface area contributed by atoms with Gasteiger partial charge in [0.25, 0.3) is 0 Å². The number of nitrogen functional groups attached to an aromatic ring is 1. The number of hydrogen-bond donors (Lipinski definition) is 1. The molecule has 2 N–H and O–H groups in total. The first-order valence-corrected chi connectivity index (χ1v) is 6.10. The minimum absolute atomic E-state index is 0.341. The number of halogens is 2. The van der Waals surface area contributed by atoms with Gasteiger partial charge in [-0.15, -0.1) is 0 Å². The van der Waals surface area contributed by atoms with Gasteiger partial charge in [0.15, 0.2) is 0 Å². The summed E-state index contributed by atoms with van der Waals surface area (Å²) in [5.74, 6) is 0.773. The molecule has 0 bridgehead atoms. The molecule has 0 radical (unpaired) electrons. The fraction of sp³-hybridized carbons (Fsp3) is 0.154. The van der Waals surface area contributed by atoms with Crippen molar-refractivity contribution in [2.45, 2.75) is 13.5 Å². The predicted octanol–water partition coefficient (Wildman–Crippen LogP) is 3.86. The smallest absolute Gasteiger partial charge is 0.130 e. The van der Waals surface area contributed by atoms with Gasteiger partial charge in [0.05, 0.1) is 5.02 Å². The lowest BCUT2D eigenvalue weighted by Gasteiger charge is -2.10. The second kappa shape index (κ2) is 5.46. The number of hydrogen-bond acceptors (Lipinski definition) is 3. The zero-order valence-corrected chi connectivity index (χ0v) is 11.3. The topological polar surface area (TPSA) is 48.1 Å². The van der Waals surface area contributed by atoms with Crippen LogP contribution in [0.2, 0.25) is 10.2 Å². The summed E-state index contributed by atoms with van der Waals surface area (Å²) in [6, 6.07) is 7.08. The Morgan fingerprint density at radius 1 is 1.28 bits per heavy atom. The molecule has 0 aliphatic rings. The molecule has 0 atom stereocenters. The molecular weight excluding hydrogens is 271 g/mol. The molecule has 0 saturated carbocycles. The molecule has 0 aliphatic heterocycles. The summed E-state index contributed by atoms with van der Waals surface area (Å²) in [5.41, 5.74) is 8.16. The van der Waals surface area contributed by atoms with Crippen molar-refractivity contribution >= 4 is 28.9 Å². The van der Waals surface area contributed by atoms with Crippen LogP contribution >= 0.6 is 23.2 Å². The molecule has 1 aromatic heterocycles. The molecule has 2 aromatic rings. The van der Waals surface area contributed by atoms with Gasteiger partial charge < -0.3 is 10.5 Å². The van der Waals surface area contributed by atoms with Gasteiger partial charge in [0.1, 0.15) is 17.5 Å². The molecule has 1 aromatic carbocycles. The van der Waals surface area contributed by atoms with Crippen LogP contribution in [0.25, 0.3) is 0 Å². The zero-order valence-electron chi connectivity index (χ0n) is 9.78. The first kappa shape index (κ1) is 13.0. The lowest BCUT2D eigenvalue weighted by molar-refractivity contribution is 0.304. The summed E-state index contributed by atoms with van der Waals surface area (Å²) in [6.07, 6.45) is 1.61. The highest BCUT2D eigenvalue weighted by atomic mass is 35.5. The van der Waals surface area contributed by atoms with Crippen LogP contribution in [0.15, 0.2) is 30.5 Å². The molecule has 0 saturated heterocycles. The summed E-state index contributed by atoms with van der Waals surface area (Å²) < 4.78 is 5.68. The van der Waals surface area contributed by atoms with Gasteiger partial charge >= 0.3 is 0 Å². The van der Waals surface area contributed by atoms with E-state index in [2.05, 4.69) is 4.98 Å². The first-order chi connectivity index (χ1) is 8.56. The summed E-state index contributed by atoms with van der Waals surface area (Å²) >= 11 is 11.8. The molecule has 0 unspecified atom stereocenters. The quantitative estimate of drug-likeness (QED) is 0.687. The van der Waals surface area contributed by atoms with Crippen LogP contribution in [0.4, 0.5) is 5.69 Å². The lowest BCUT2D eigenvalue weighted by atomic mass is 10.2. The van der Waals surface area contributed by atoms with E-state index in [1.165, 1.54) is 0 Å². The van der Waals surface area contributed by atoms with E-state index in [4.69, 9.17) is 33.7 Å². The average Bonchev–Trinajstić information content (AvgIpc) is 2.30. The van der Waals surface area contributed by atoms with E-state index >= 15 is 0 Å². The largest absolute Gasteiger partial charge is 0.489 e. The summed E-state index contributed by atoms with van der Waals surface area (Å²) in [4.78, 5) is 3.97. The Hall–Kier alpha value is -1.45. The summed E-state index contributed by atoms with van der Waals surface area (Å²) in [6.45, 7) is 2.28. The Morgan fingerprint density at radius 2 is 2.06 bits per heavy atom. The minimum atomic E-state index is 0.341. The maximum Gasteiger partial charge on any atom is 0.130 e. The molecule has 3 nitrogen and oxygen atoms in total. The van der Waals surface area contributed by atoms with Crippen LogP contribution in [0.1, 0.15) is 11.1 Å². The monoisotopic (exact) mass is 282 g/mol. The van der Waals surface area contributed by atoms with Gasteiger partial charge in [-0.3, -0.25) is 0 Å². The third kappa shape index (κ3) is 3.06. The van der Waals surface area contributed by atoms with Crippen molar-refractivity contribution in [1.29, 1.82) is 0 Å². The second-order valence-corrected chi connectivity index (χ2v) is 4.71. The van der Waals surface area contributed by atoms with Gasteiger partial charge in [0.2, 0.25) is 0 Å². The van der Waals surface area contributed by atoms with Crippen molar-refractivity contribution in [3.63, 3.8) is 0 Å². The Bertz CT molecular complexity index is 521. The van der Waals surface area contributed by atoms with E-state index in [1.54, 1.807) is 18.3 Å². The maximum absolute atomic E-state index is 6.04. The zero-order chi connectivity index (χ0) is 13.1. The second-order valence-electron chi connectivity index (χ2n) is 3.91. The predicted molar refractivity (Wildman–Crippen MR) is 74.2 cm³/mol. The van der Waals surface area contributed by atoms with Crippen LogP contribution in [0, 0.1) is 6.92 Å². The van der Waals surface area contributed by atoms with Gasteiger partial charge in [-0.25, -0.2) is 4.98 Å². The number of ether oxygens (including phenoxy) is 1. The Balaban J connectivity index is 2.11. The number of rotatable bonds is 3. The van der Waals surface area contributed by atoms with Crippen molar-refractivity contribution in [3.05, 3.63) is 51.8 Å². The number of aromatic nitrogens is 1. The van der Waals surface area contributed by atoms with Gasteiger partial charge in [-0.2, -0.15) is 0 Å². The normalized spacial score (nSPS) is 10.4. The van der Waals surface area contributed by atoms with E-state index in [0.29, 0.717) is 22.5 Å². The highest BCUT2D eigenvalue weighted by Gasteiger charge is 2.05. The van der Waals surface area contributed by atoms with E-state index in [1.807, 2.05) is 19.1 Å². The van der Waals surface area contributed by atoms with Crippen molar-refractivity contribution in [1.82, 2.24) is 4.98 Å². The fourth-order valence-electron chi connectivity index (χ4n) is 1.53. The van der Waals surface area contributed by atoms with Crippen LogP contribution in [-0.2, 0) is 6.61 Å². The summed E-state index contributed by atoms with van der Waals surface area (Å²) in [5, 5.41) is 0.913. The van der Waals surface area contributed by atoms with Crippen LogP contribution < -0.4 is 10.5 Å². The molecule has 5 heteroatoms. The third-order valence-corrected chi connectivity index (χ3v) is 3.04. The van der Waals surface area contributed by atoms with Crippen molar-refractivity contribution in [2.24, 2.45) is 0 Å². The standard InChI is InChI=1S/C13H12Cl2N2O/c1-8-4-10(16)2-3-12(8)18-7-9-6-17-13(15)5-11(9)14/h2-6H,7,16H2,1H3. The number of anilines is 1. The number of pyridine rings is 1. The molecule has 0 amide bonds. The molecule has 0 fully saturated rings. The molecule has 18 heavy (non-hydrogen) atoms. The molecule has 94 valence electrons.